The molecule has 0 saturated heterocycles. The molecule has 0 aliphatic heterocycles. The van der Waals surface area contributed by atoms with Gasteiger partial charge in [0.25, 0.3) is 8.32 Å². The minimum Gasteiger partial charge on any atom is -0.401 e. The van der Waals surface area contributed by atoms with E-state index in [1.165, 1.54) is 10.4 Å². The summed E-state index contributed by atoms with van der Waals surface area (Å²) in [6, 6.07) is 25.0. The number of hydrogen-bond donors (Lipinski definition) is 1. The molecule has 0 bridgehead atoms. The third kappa shape index (κ3) is 4.40. The van der Waals surface area contributed by atoms with Crippen LogP contribution in [0.5, 0.6) is 0 Å². The molecule has 172 valence electrons. The van der Waals surface area contributed by atoms with E-state index in [-0.39, 0.29) is 10.7 Å². The number of nitrogens with zero attached hydrogens (tertiary/aromatic N) is 3. The number of rotatable bonds is 6. The largest absolute Gasteiger partial charge is 0.401 e. The third-order valence-electron chi connectivity index (χ3n) is 5.96. The maximum atomic E-state index is 9.12. The lowest BCUT2D eigenvalue weighted by molar-refractivity contribution is 0.285. The molecule has 34 heavy (non-hydrogen) atoms. The van der Waals surface area contributed by atoms with Gasteiger partial charge >= 0.3 is 0 Å². The maximum absolute atomic E-state index is 9.12. The maximum Gasteiger partial charge on any atom is 0.261 e. The zero-order valence-corrected chi connectivity index (χ0v) is 21.7. The summed E-state index contributed by atoms with van der Waals surface area (Å²) in [6.07, 6.45) is 1.68. The van der Waals surface area contributed by atoms with Gasteiger partial charge in [-0.3, -0.25) is 0 Å². The summed E-state index contributed by atoms with van der Waals surface area (Å²) >= 11 is 1.58. The summed E-state index contributed by atoms with van der Waals surface area (Å²) in [5, 5.41) is 12.4. The number of aromatic nitrogens is 2. The second kappa shape index (κ2) is 9.51. The van der Waals surface area contributed by atoms with Crippen LogP contribution in [0.3, 0.4) is 0 Å². The van der Waals surface area contributed by atoms with E-state index >= 15 is 0 Å². The third-order valence-corrected chi connectivity index (χ3v) is 12.1. The second-order valence-corrected chi connectivity index (χ2v) is 14.6. The Morgan fingerprint density at radius 1 is 1.03 bits per heavy atom. The number of aryl methyl sites for hydroxylation is 1. The van der Waals surface area contributed by atoms with Crippen LogP contribution in [0.25, 0.3) is 10.4 Å². The average Bonchev–Trinajstić information content (AvgIpc) is 3.20. The molecule has 0 atom stereocenters. The summed E-state index contributed by atoms with van der Waals surface area (Å²) in [5.41, 5.74) is 8.37. The molecule has 0 spiro atoms. The molecule has 2 aromatic carbocycles. The predicted octanol–water partition coefficient (Wildman–Crippen LogP) is 5.04. The Labute approximate surface area is 206 Å². The quantitative estimate of drug-likeness (QED) is 0.387. The van der Waals surface area contributed by atoms with Crippen molar-refractivity contribution in [3.05, 3.63) is 89.3 Å². The van der Waals surface area contributed by atoms with Gasteiger partial charge in [0.2, 0.25) is 0 Å². The molecule has 0 aliphatic rings. The standard InChI is InChI=1S/C27H28N4OSSi/c1-19-26(20-15-23(29)24(16-28)30-17-20)33-25(31-19)18-32-34(27(2,3)4,21-11-7-5-8-12-21)22-13-9-6-10-14-22/h5-15,17H,18,29H2,1-4H3. The van der Waals surface area contributed by atoms with Crippen molar-refractivity contribution < 1.29 is 4.43 Å². The number of thiazole rings is 1. The zero-order chi connectivity index (χ0) is 24.3. The summed E-state index contributed by atoms with van der Waals surface area (Å²) < 4.78 is 7.02. The van der Waals surface area contributed by atoms with Gasteiger partial charge in [0.05, 0.1) is 22.9 Å². The van der Waals surface area contributed by atoms with Crippen LogP contribution >= 0.6 is 11.3 Å². The Hall–Kier alpha value is -3.31. The summed E-state index contributed by atoms with van der Waals surface area (Å²) in [4.78, 5) is 9.99. The fraction of sp³-hybridized carbons (Fsp3) is 0.222. The summed E-state index contributed by atoms with van der Waals surface area (Å²) in [5.74, 6) is 0. The van der Waals surface area contributed by atoms with Gasteiger partial charge in [-0.05, 0) is 28.4 Å². The van der Waals surface area contributed by atoms with Gasteiger partial charge in [-0.1, -0.05) is 81.4 Å². The zero-order valence-electron chi connectivity index (χ0n) is 19.9. The lowest BCUT2D eigenvalue weighted by Gasteiger charge is -2.42. The van der Waals surface area contributed by atoms with Crippen LogP contribution < -0.4 is 16.1 Å². The first-order valence-corrected chi connectivity index (χ1v) is 13.9. The van der Waals surface area contributed by atoms with Gasteiger partial charge in [0.1, 0.15) is 11.1 Å². The minimum absolute atomic E-state index is 0.101. The lowest BCUT2D eigenvalue weighted by atomic mass is 10.2. The van der Waals surface area contributed by atoms with Gasteiger partial charge in [-0.25, -0.2) is 9.97 Å². The molecule has 4 rings (SSSR count). The molecule has 0 unspecified atom stereocenters. The predicted molar refractivity (Wildman–Crippen MR) is 142 cm³/mol. The van der Waals surface area contributed by atoms with Crippen molar-refractivity contribution in [2.24, 2.45) is 0 Å². The van der Waals surface area contributed by atoms with Crippen molar-refractivity contribution in [3.8, 4) is 16.5 Å². The molecule has 2 N–H and O–H groups in total. The minimum atomic E-state index is -2.64. The fourth-order valence-corrected chi connectivity index (χ4v) is 9.98. The number of pyridine rings is 1. The van der Waals surface area contributed by atoms with E-state index in [4.69, 9.17) is 20.4 Å². The Kier molecular flexibility index (Phi) is 6.67. The molecule has 2 aromatic heterocycles. The normalized spacial score (nSPS) is 11.9. The number of benzene rings is 2. The highest BCUT2D eigenvalue weighted by Gasteiger charge is 2.50. The number of anilines is 1. The molecule has 2 heterocycles. The van der Waals surface area contributed by atoms with E-state index in [2.05, 4.69) is 74.3 Å². The van der Waals surface area contributed by atoms with Crippen LogP contribution in [0, 0.1) is 18.3 Å². The van der Waals surface area contributed by atoms with Gasteiger partial charge in [-0.15, -0.1) is 11.3 Å². The monoisotopic (exact) mass is 484 g/mol. The fourth-order valence-electron chi connectivity index (χ4n) is 4.41. The molecule has 0 saturated carbocycles. The van der Waals surface area contributed by atoms with Crippen molar-refractivity contribution in [2.45, 2.75) is 39.3 Å². The average molecular weight is 485 g/mol. The van der Waals surface area contributed by atoms with Crippen LogP contribution in [0.4, 0.5) is 5.69 Å². The molecule has 7 heteroatoms. The van der Waals surface area contributed by atoms with Gasteiger partial charge < -0.3 is 10.2 Å². The molecule has 0 radical (unpaired) electrons. The van der Waals surface area contributed by atoms with Crippen molar-refractivity contribution in [1.82, 2.24) is 9.97 Å². The second-order valence-electron chi connectivity index (χ2n) is 9.25. The van der Waals surface area contributed by atoms with E-state index in [0.29, 0.717) is 12.3 Å². The van der Waals surface area contributed by atoms with E-state index < -0.39 is 8.32 Å². The number of nitriles is 1. The molecule has 0 fully saturated rings. The molecular weight excluding hydrogens is 456 g/mol. The first-order chi connectivity index (χ1) is 16.3. The first kappa shape index (κ1) is 23.8. The molecule has 4 aromatic rings. The first-order valence-electron chi connectivity index (χ1n) is 11.1. The smallest absolute Gasteiger partial charge is 0.261 e. The topological polar surface area (TPSA) is 84.8 Å². The highest BCUT2D eigenvalue weighted by atomic mass is 32.1. The lowest BCUT2D eigenvalue weighted by Crippen LogP contribution is -2.66. The van der Waals surface area contributed by atoms with Crippen LogP contribution in [0.2, 0.25) is 5.04 Å². The number of nitrogens with two attached hydrogens (primary N) is 1. The van der Waals surface area contributed by atoms with E-state index in [9.17, 15) is 0 Å². The SMILES string of the molecule is Cc1nc(CO[Si](c2ccccc2)(c2ccccc2)C(C)(C)C)sc1-c1cnc(C#N)c(N)c1. The van der Waals surface area contributed by atoms with Crippen molar-refractivity contribution in [3.63, 3.8) is 0 Å². The van der Waals surface area contributed by atoms with Crippen molar-refractivity contribution in [1.29, 1.82) is 5.26 Å². The molecule has 5 nitrogen and oxygen atoms in total. The van der Waals surface area contributed by atoms with Gasteiger partial charge in [0, 0.05) is 11.8 Å². The molecule has 0 aliphatic carbocycles. The van der Waals surface area contributed by atoms with E-state index in [1.807, 2.05) is 25.1 Å². The van der Waals surface area contributed by atoms with Gasteiger partial charge in [-0.2, -0.15) is 5.26 Å². The number of hydrogen-bond acceptors (Lipinski definition) is 6. The van der Waals surface area contributed by atoms with Crippen LogP contribution in [-0.4, -0.2) is 18.3 Å². The number of nitrogen functional groups attached to an aromatic ring is 1. The van der Waals surface area contributed by atoms with E-state index in [0.717, 1.165) is 21.1 Å². The Bertz CT molecular complexity index is 1280. The van der Waals surface area contributed by atoms with Crippen molar-refractivity contribution >= 4 is 35.7 Å². The Morgan fingerprint density at radius 3 is 2.12 bits per heavy atom. The Morgan fingerprint density at radius 2 is 1.62 bits per heavy atom. The highest BCUT2D eigenvalue weighted by Crippen LogP contribution is 2.38. The summed E-state index contributed by atoms with van der Waals surface area (Å²) in [7, 11) is -2.64. The molecule has 0 amide bonds. The van der Waals surface area contributed by atoms with Crippen LogP contribution in [0.15, 0.2) is 72.9 Å². The highest BCUT2D eigenvalue weighted by molar-refractivity contribution is 7.15. The van der Waals surface area contributed by atoms with Crippen LogP contribution in [0.1, 0.15) is 37.2 Å². The van der Waals surface area contributed by atoms with Crippen molar-refractivity contribution in [2.75, 3.05) is 5.73 Å². The van der Waals surface area contributed by atoms with Gasteiger partial charge in [0.15, 0.2) is 5.69 Å². The summed E-state index contributed by atoms with van der Waals surface area (Å²) in [6.45, 7) is 9.19. The Balaban J connectivity index is 1.73. The van der Waals surface area contributed by atoms with Crippen LogP contribution in [-0.2, 0) is 11.0 Å². The molecular formula is C27H28N4OSSi. The van der Waals surface area contributed by atoms with E-state index in [1.54, 1.807) is 23.6 Å².